The molecular weight excluding hydrogens is 377 g/mol. The Morgan fingerprint density at radius 3 is 2.57 bits per heavy atom. The molecule has 7 heteroatoms. The Balaban J connectivity index is 0.00000200. The Morgan fingerprint density at radius 1 is 1.38 bits per heavy atom. The van der Waals surface area contributed by atoms with Crippen molar-refractivity contribution in [3.63, 3.8) is 0 Å². The maximum absolute atomic E-state index is 12.6. The van der Waals surface area contributed by atoms with Crippen molar-refractivity contribution in [2.24, 2.45) is 0 Å². The predicted molar refractivity (Wildman–Crippen MR) is 93.7 cm³/mol. The van der Waals surface area contributed by atoms with E-state index in [0.29, 0.717) is 11.7 Å². The van der Waals surface area contributed by atoms with Gasteiger partial charge in [-0.05, 0) is 60.4 Å². The molecule has 21 heavy (non-hydrogen) atoms. The Bertz CT molecular complexity index is 425. The predicted octanol–water partition coefficient (Wildman–Crippen LogP) is 3.29. The Morgan fingerprint density at radius 2 is 2.05 bits per heavy atom. The van der Waals surface area contributed by atoms with Crippen molar-refractivity contribution in [1.29, 1.82) is 0 Å². The molecule has 1 fully saturated rings. The van der Waals surface area contributed by atoms with Crippen molar-refractivity contribution < 1.29 is 4.79 Å². The SMILES string of the molecule is CCCN(C(=O)c1ccc(Br)cn1)C1CCNCC1.Cl.Cl. The fourth-order valence-corrected chi connectivity index (χ4v) is 2.69. The van der Waals surface area contributed by atoms with Gasteiger partial charge in [-0.1, -0.05) is 6.92 Å². The number of piperidine rings is 1. The Labute approximate surface area is 147 Å². The van der Waals surface area contributed by atoms with Crippen molar-refractivity contribution in [2.45, 2.75) is 32.2 Å². The standard InChI is InChI=1S/C14H20BrN3O.2ClH/c1-2-9-18(12-5-7-16-8-6-12)14(19)13-4-3-11(15)10-17-13;;/h3-4,10,12,16H,2,5-9H2,1H3;2*1H. The summed E-state index contributed by atoms with van der Waals surface area (Å²) < 4.78 is 0.896. The van der Waals surface area contributed by atoms with Gasteiger partial charge in [-0.15, -0.1) is 24.8 Å². The highest BCUT2D eigenvalue weighted by Crippen LogP contribution is 2.16. The van der Waals surface area contributed by atoms with Gasteiger partial charge in [-0.3, -0.25) is 4.79 Å². The number of rotatable bonds is 4. The third-order valence-corrected chi connectivity index (χ3v) is 3.89. The van der Waals surface area contributed by atoms with Crippen LogP contribution < -0.4 is 5.32 Å². The average Bonchev–Trinajstić information content (AvgIpc) is 2.46. The summed E-state index contributed by atoms with van der Waals surface area (Å²) in [5, 5.41) is 3.34. The van der Waals surface area contributed by atoms with Crippen LogP contribution >= 0.6 is 40.7 Å². The van der Waals surface area contributed by atoms with E-state index in [9.17, 15) is 4.79 Å². The fourth-order valence-electron chi connectivity index (χ4n) is 2.46. The van der Waals surface area contributed by atoms with E-state index >= 15 is 0 Å². The number of carbonyl (C=O) groups is 1. The van der Waals surface area contributed by atoms with Gasteiger partial charge in [-0.25, -0.2) is 4.98 Å². The normalized spacial score (nSPS) is 14.8. The van der Waals surface area contributed by atoms with Crippen molar-refractivity contribution in [3.8, 4) is 0 Å². The van der Waals surface area contributed by atoms with Gasteiger partial charge >= 0.3 is 0 Å². The number of pyridine rings is 1. The summed E-state index contributed by atoms with van der Waals surface area (Å²) in [5.41, 5.74) is 0.537. The lowest BCUT2D eigenvalue weighted by molar-refractivity contribution is 0.0636. The minimum absolute atomic E-state index is 0. The van der Waals surface area contributed by atoms with Crippen LogP contribution in [-0.2, 0) is 0 Å². The van der Waals surface area contributed by atoms with E-state index in [-0.39, 0.29) is 30.7 Å². The zero-order chi connectivity index (χ0) is 13.7. The monoisotopic (exact) mass is 397 g/mol. The van der Waals surface area contributed by atoms with Crippen LogP contribution in [0.2, 0.25) is 0 Å². The summed E-state index contributed by atoms with van der Waals surface area (Å²) in [6, 6.07) is 4.00. The molecule has 0 unspecified atom stereocenters. The molecule has 1 aromatic rings. The first-order valence-electron chi connectivity index (χ1n) is 6.85. The molecule has 0 spiro atoms. The quantitative estimate of drug-likeness (QED) is 0.846. The lowest BCUT2D eigenvalue weighted by Gasteiger charge is -2.34. The van der Waals surface area contributed by atoms with Crippen LogP contribution in [0.1, 0.15) is 36.7 Å². The molecule has 1 N–H and O–H groups in total. The van der Waals surface area contributed by atoms with Gasteiger partial charge in [0, 0.05) is 23.3 Å². The first-order chi connectivity index (χ1) is 9.22. The second kappa shape index (κ2) is 10.4. The Kier molecular flexibility index (Phi) is 10.2. The first-order valence-corrected chi connectivity index (χ1v) is 7.65. The van der Waals surface area contributed by atoms with E-state index in [1.807, 2.05) is 11.0 Å². The third-order valence-electron chi connectivity index (χ3n) is 3.42. The zero-order valence-corrected chi connectivity index (χ0v) is 15.3. The molecule has 0 aliphatic carbocycles. The molecule has 0 bridgehead atoms. The minimum atomic E-state index is 0. The van der Waals surface area contributed by atoms with Gasteiger partial charge in [0.1, 0.15) is 5.69 Å². The van der Waals surface area contributed by atoms with Crippen LogP contribution in [0.4, 0.5) is 0 Å². The lowest BCUT2D eigenvalue weighted by Crippen LogP contribution is -2.46. The van der Waals surface area contributed by atoms with E-state index in [2.05, 4.69) is 33.2 Å². The molecule has 4 nitrogen and oxygen atoms in total. The number of nitrogens with zero attached hydrogens (tertiary/aromatic N) is 2. The second-order valence-electron chi connectivity index (χ2n) is 4.84. The summed E-state index contributed by atoms with van der Waals surface area (Å²) in [4.78, 5) is 18.8. The summed E-state index contributed by atoms with van der Waals surface area (Å²) in [5.74, 6) is 0.0567. The molecular formula is C14H22BrCl2N3O. The van der Waals surface area contributed by atoms with E-state index in [1.54, 1.807) is 12.3 Å². The van der Waals surface area contributed by atoms with Crippen molar-refractivity contribution in [3.05, 3.63) is 28.5 Å². The number of amides is 1. The highest BCUT2D eigenvalue weighted by atomic mass is 79.9. The van der Waals surface area contributed by atoms with Gasteiger partial charge in [0.25, 0.3) is 5.91 Å². The zero-order valence-electron chi connectivity index (χ0n) is 12.0. The molecule has 1 amide bonds. The van der Waals surface area contributed by atoms with Gasteiger partial charge in [0.15, 0.2) is 0 Å². The molecule has 0 aromatic carbocycles. The summed E-state index contributed by atoms with van der Waals surface area (Å²) in [6.45, 7) is 4.90. The molecule has 120 valence electrons. The van der Waals surface area contributed by atoms with Crippen LogP contribution in [0, 0.1) is 0 Å². The summed E-state index contributed by atoms with van der Waals surface area (Å²) in [6.07, 6.45) is 4.72. The lowest BCUT2D eigenvalue weighted by atomic mass is 10.0. The van der Waals surface area contributed by atoms with Crippen molar-refractivity contribution >= 4 is 46.7 Å². The number of carbonyl (C=O) groups excluding carboxylic acids is 1. The largest absolute Gasteiger partial charge is 0.334 e. The van der Waals surface area contributed by atoms with Crippen LogP contribution in [0.15, 0.2) is 22.8 Å². The molecule has 2 heterocycles. The highest BCUT2D eigenvalue weighted by molar-refractivity contribution is 9.10. The van der Waals surface area contributed by atoms with Crippen molar-refractivity contribution in [2.75, 3.05) is 19.6 Å². The number of halogens is 3. The fraction of sp³-hybridized carbons (Fsp3) is 0.571. The molecule has 0 saturated carbocycles. The number of hydrogen-bond acceptors (Lipinski definition) is 3. The molecule has 1 saturated heterocycles. The second-order valence-corrected chi connectivity index (χ2v) is 5.76. The Hall–Kier alpha value is -0.360. The van der Waals surface area contributed by atoms with Crippen LogP contribution in [0.3, 0.4) is 0 Å². The molecule has 2 rings (SSSR count). The number of hydrogen-bond donors (Lipinski definition) is 1. The molecule has 1 aliphatic heterocycles. The molecule has 0 atom stereocenters. The summed E-state index contributed by atoms with van der Waals surface area (Å²) in [7, 11) is 0. The minimum Gasteiger partial charge on any atom is -0.334 e. The van der Waals surface area contributed by atoms with Crippen LogP contribution in [0.5, 0.6) is 0 Å². The molecule has 1 aliphatic rings. The topological polar surface area (TPSA) is 45.2 Å². The highest BCUT2D eigenvalue weighted by Gasteiger charge is 2.26. The third kappa shape index (κ3) is 5.74. The van der Waals surface area contributed by atoms with Gasteiger partial charge in [0.2, 0.25) is 0 Å². The van der Waals surface area contributed by atoms with Crippen LogP contribution in [-0.4, -0.2) is 41.5 Å². The van der Waals surface area contributed by atoms with E-state index in [0.717, 1.165) is 43.4 Å². The van der Waals surface area contributed by atoms with Gasteiger partial charge in [-0.2, -0.15) is 0 Å². The maximum Gasteiger partial charge on any atom is 0.272 e. The van der Waals surface area contributed by atoms with Crippen molar-refractivity contribution in [1.82, 2.24) is 15.2 Å². The number of aromatic nitrogens is 1. The van der Waals surface area contributed by atoms with Crippen LogP contribution in [0.25, 0.3) is 0 Å². The van der Waals surface area contributed by atoms with E-state index in [4.69, 9.17) is 0 Å². The van der Waals surface area contributed by atoms with Gasteiger partial charge < -0.3 is 10.2 Å². The van der Waals surface area contributed by atoms with Gasteiger partial charge in [0.05, 0.1) is 0 Å². The maximum atomic E-state index is 12.6. The smallest absolute Gasteiger partial charge is 0.272 e. The number of nitrogens with one attached hydrogen (secondary N) is 1. The molecule has 1 aromatic heterocycles. The molecule has 0 radical (unpaired) electrons. The average molecular weight is 399 g/mol. The van der Waals surface area contributed by atoms with E-state index < -0.39 is 0 Å². The first kappa shape index (κ1) is 20.6. The summed E-state index contributed by atoms with van der Waals surface area (Å²) >= 11 is 3.34. The van der Waals surface area contributed by atoms with E-state index in [1.165, 1.54) is 0 Å².